The van der Waals surface area contributed by atoms with E-state index in [0.29, 0.717) is 17.2 Å². The van der Waals surface area contributed by atoms with Gasteiger partial charge in [0.25, 0.3) is 5.91 Å². The molecule has 0 spiro atoms. The van der Waals surface area contributed by atoms with Gasteiger partial charge in [-0.3, -0.25) is 10.1 Å². The van der Waals surface area contributed by atoms with Crippen LogP contribution in [0.5, 0.6) is 0 Å². The number of hydrogen-bond donors (Lipinski definition) is 1. The van der Waals surface area contributed by atoms with Crippen molar-refractivity contribution in [2.24, 2.45) is 0 Å². The molecule has 0 bridgehead atoms. The summed E-state index contributed by atoms with van der Waals surface area (Å²) in [6.45, 7) is 6.46. The van der Waals surface area contributed by atoms with Gasteiger partial charge in [0.15, 0.2) is 5.65 Å². The molecule has 27 heavy (non-hydrogen) atoms. The van der Waals surface area contributed by atoms with Crippen LogP contribution in [0.15, 0.2) is 36.4 Å². The van der Waals surface area contributed by atoms with E-state index in [0.717, 1.165) is 33.0 Å². The number of nitrogens with zero attached hydrogens (tertiary/aromatic N) is 5. The van der Waals surface area contributed by atoms with E-state index < -0.39 is 0 Å². The van der Waals surface area contributed by atoms with E-state index in [-0.39, 0.29) is 5.91 Å². The van der Waals surface area contributed by atoms with Gasteiger partial charge in [-0.2, -0.15) is 5.10 Å². The molecule has 0 saturated heterocycles. The number of fused-ring (bicyclic) bond motifs is 1. The van der Waals surface area contributed by atoms with Crippen LogP contribution >= 0.6 is 11.3 Å². The first-order valence-electron chi connectivity index (χ1n) is 8.62. The lowest BCUT2D eigenvalue weighted by Crippen LogP contribution is -2.13. The number of aromatic nitrogens is 5. The lowest BCUT2D eigenvalue weighted by molar-refractivity contribution is 0.102. The number of benzene rings is 1. The average Bonchev–Trinajstić information content (AvgIpc) is 3.26. The molecule has 1 N–H and O–H groups in total. The average molecular weight is 378 g/mol. The third kappa shape index (κ3) is 3.19. The largest absolute Gasteiger partial charge is 0.296 e. The zero-order valence-corrected chi connectivity index (χ0v) is 16.0. The quantitative estimate of drug-likeness (QED) is 0.583. The molecule has 8 heteroatoms. The fraction of sp³-hybridized carbons (Fsp3) is 0.211. The normalized spacial score (nSPS) is 11.1. The Labute approximate surface area is 160 Å². The number of hydrogen-bond acceptors (Lipinski definition) is 6. The fourth-order valence-electron chi connectivity index (χ4n) is 3.01. The number of rotatable bonds is 4. The highest BCUT2D eigenvalue weighted by Gasteiger charge is 2.19. The van der Waals surface area contributed by atoms with Gasteiger partial charge in [-0.05, 0) is 26.8 Å². The molecule has 0 fully saturated rings. The van der Waals surface area contributed by atoms with Crippen molar-refractivity contribution in [1.82, 2.24) is 25.0 Å². The minimum atomic E-state index is -0.236. The minimum absolute atomic E-state index is 0.236. The predicted molar refractivity (Wildman–Crippen MR) is 106 cm³/mol. The van der Waals surface area contributed by atoms with Gasteiger partial charge < -0.3 is 0 Å². The zero-order chi connectivity index (χ0) is 19.0. The Morgan fingerprint density at radius 1 is 1.19 bits per heavy atom. The highest BCUT2D eigenvalue weighted by molar-refractivity contribution is 7.18. The number of anilines is 1. The van der Waals surface area contributed by atoms with Crippen LogP contribution in [-0.4, -0.2) is 30.9 Å². The topological polar surface area (TPSA) is 85.6 Å². The molecule has 7 nitrogen and oxygen atoms in total. The second kappa shape index (κ2) is 6.88. The number of carbonyl (C=O) groups is 1. The summed E-state index contributed by atoms with van der Waals surface area (Å²) >= 11 is 1.34. The van der Waals surface area contributed by atoms with Crippen molar-refractivity contribution in [3.8, 4) is 10.6 Å². The molecule has 0 radical (unpaired) electrons. The fourth-order valence-corrected chi connectivity index (χ4v) is 3.76. The van der Waals surface area contributed by atoms with Crippen LogP contribution in [-0.2, 0) is 6.54 Å². The summed E-state index contributed by atoms with van der Waals surface area (Å²) in [5.41, 5.74) is 3.79. The monoisotopic (exact) mass is 378 g/mol. The first-order chi connectivity index (χ1) is 13.1. The number of carbonyl (C=O) groups excluding carboxylic acids is 1. The van der Waals surface area contributed by atoms with Gasteiger partial charge >= 0.3 is 0 Å². The van der Waals surface area contributed by atoms with Crippen LogP contribution < -0.4 is 5.32 Å². The molecule has 4 rings (SSSR count). The van der Waals surface area contributed by atoms with Crippen molar-refractivity contribution in [2.45, 2.75) is 27.3 Å². The molecule has 1 aromatic carbocycles. The maximum atomic E-state index is 12.9. The van der Waals surface area contributed by atoms with Crippen molar-refractivity contribution in [2.75, 3.05) is 5.32 Å². The first kappa shape index (κ1) is 17.3. The smallest absolute Gasteiger partial charge is 0.258 e. The number of nitrogens with one attached hydrogen (secondary N) is 1. The lowest BCUT2D eigenvalue weighted by atomic mass is 10.1. The summed E-state index contributed by atoms with van der Waals surface area (Å²) in [6, 6.07) is 11.5. The Morgan fingerprint density at radius 3 is 2.70 bits per heavy atom. The molecule has 0 atom stereocenters. The van der Waals surface area contributed by atoms with E-state index in [1.165, 1.54) is 11.3 Å². The van der Waals surface area contributed by atoms with Gasteiger partial charge in [0.05, 0.1) is 16.6 Å². The van der Waals surface area contributed by atoms with Crippen LogP contribution in [0.4, 0.5) is 5.13 Å². The van der Waals surface area contributed by atoms with E-state index in [9.17, 15) is 4.79 Å². The predicted octanol–water partition coefficient (Wildman–Crippen LogP) is 3.84. The molecule has 0 unspecified atom stereocenters. The van der Waals surface area contributed by atoms with Crippen molar-refractivity contribution >= 4 is 33.4 Å². The van der Waals surface area contributed by atoms with E-state index in [2.05, 4.69) is 25.6 Å². The van der Waals surface area contributed by atoms with Crippen LogP contribution in [0, 0.1) is 13.8 Å². The molecule has 0 aliphatic heterocycles. The zero-order valence-electron chi connectivity index (χ0n) is 15.2. The Kier molecular flexibility index (Phi) is 4.41. The van der Waals surface area contributed by atoms with E-state index in [1.54, 1.807) is 6.07 Å². The Morgan fingerprint density at radius 2 is 1.96 bits per heavy atom. The minimum Gasteiger partial charge on any atom is -0.296 e. The van der Waals surface area contributed by atoms with Crippen LogP contribution in [0.2, 0.25) is 0 Å². The van der Waals surface area contributed by atoms with Gasteiger partial charge in [0.1, 0.15) is 5.01 Å². The van der Waals surface area contributed by atoms with Gasteiger partial charge in [-0.25, -0.2) is 9.67 Å². The summed E-state index contributed by atoms with van der Waals surface area (Å²) in [5, 5.41) is 17.6. The summed E-state index contributed by atoms with van der Waals surface area (Å²) in [4.78, 5) is 17.5. The maximum absolute atomic E-state index is 12.9. The molecule has 3 heterocycles. The highest BCUT2D eigenvalue weighted by Crippen LogP contribution is 2.27. The van der Waals surface area contributed by atoms with Crippen LogP contribution in [0.3, 0.4) is 0 Å². The van der Waals surface area contributed by atoms with Crippen LogP contribution in [0.25, 0.3) is 21.6 Å². The molecular formula is C19H18N6OS. The number of amides is 1. The summed E-state index contributed by atoms with van der Waals surface area (Å²) in [5.74, 6) is -0.236. The van der Waals surface area contributed by atoms with E-state index in [4.69, 9.17) is 0 Å². The molecule has 3 aromatic heterocycles. The Balaban J connectivity index is 1.68. The Hall–Kier alpha value is -3.13. The van der Waals surface area contributed by atoms with Crippen LogP contribution in [0.1, 0.15) is 28.7 Å². The third-order valence-electron chi connectivity index (χ3n) is 4.22. The second-order valence-electron chi connectivity index (χ2n) is 6.14. The molecule has 0 aliphatic rings. The van der Waals surface area contributed by atoms with Crippen molar-refractivity contribution in [3.63, 3.8) is 0 Å². The second-order valence-corrected chi connectivity index (χ2v) is 7.12. The molecule has 1 amide bonds. The number of pyridine rings is 1. The molecule has 0 aliphatic carbocycles. The Bertz CT molecular complexity index is 1130. The lowest BCUT2D eigenvalue weighted by Gasteiger charge is -2.06. The van der Waals surface area contributed by atoms with Crippen molar-refractivity contribution < 1.29 is 4.79 Å². The molecule has 4 aromatic rings. The standard InChI is InChI=1S/C19H18N6OS/c1-4-25-16-15(12(3)24-25)14(10-11(2)20-16)17(26)21-19-23-22-18(27-19)13-8-6-5-7-9-13/h5-10H,4H2,1-3H3,(H,21,23,26). The SMILES string of the molecule is CCn1nc(C)c2c(C(=O)Nc3nnc(-c4ccccc4)s3)cc(C)nc21. The highest BCUT2D eigenvalue weighted by atomic mass is 32.1. The van der Waals surface area contributed by atoms with Crippen molar-refractivity contribution in [1.29, 1.82) is 0 Å². The third-order valence-corrected chi connectivity index (χ3v) is 5.10. The van der Waals surface area contributed by atoms with E-state index >= 15 is 0 Å². The van der Waals surface area contributed by atoms with Gasteiger partial charge in [0, 0.05) is 17.8 Å². The number of aryl methyl sites for hydroxylation is 3. The maximum Gasteiger partial charge on any atom is 0.258 e. The van der Waals surface area contributed by atoms with Crippen molar-refractivity contribution in [3.05, 3.63) is 53.3 Å². The van der Waals surface area contributed by atoms with Gasteiger partial charge in [-0.1, -0.05) is 41.7 Å². The van der Waals surface area contributed by atoms with Gasteiger partial charge in [0.2, 0.25) is 5.13 Å². The van der Waals surface area contributed by atoms with Gasteiger partial charge in [-0.15, -0.1) is 10.2 Å². The summed E-state index contributed by atoms with van der Waals surface area (Å²) in [6.07, 6.45) is 0. The molecular weight excluding hydrogens is 360 g/mol. The molecule has 0 saturated carbocycles. The first-order valence-corrected chi connectivity index (χ1v) is 9.43. The summed E-state index contributed by atoms with van der Waals surface area (Å²) < 4.78 is 1.81. The summed E-state index contributed by atoms with van der Waals surface area (Å²) in [7, 11) is 0. The van der Waals surface area contributed by atoms with E-state index in [1.807, 2.05) is 55.8 Å². The molecule has 136 valence electrons.